The topological polar surface area (TPSA) is 137 Å². The Balaban J connectivity index is 1.54. The minimum Gasteiger partial charge on any atom is -0.465 e. The van der Waals surface area contributed by atoms with E-state index in [4.69, 9.17) is 16.3 Å². The Morgan fingerprint density at radius 3 is 2.64 bits per heavy atom. The molecule has 1 amide bonds. The molecule has 0 aliphatic heterocycles. The van der Waals surface area contributed by atoms with Gasteiger partial charge in [-0.25, -0.2) is 12.8 Å². The highest BCUT2D eigenvalue weighted by Crippen LogP contribution is 2.25. The molecule has 0 atom stereocenters. The number of rotatable bonds is 8. The Labute approximate surface area is 209 Å². The molecule has 14 heteroatoms. The summed E-state index contributed by atoms with van der Waals surface area (Å²) in [6.45, 7) is 1.64. The van der Waals surface area contributed by atoms with Crippen molar-refractivity contribution in [1.29, 1.82) is 0 Å². The second-order valence-corrected chi connectivity index (χ2v) is 9.66. The number of benzene rings is 2. The predicted octanol–water partition coefficient (Wildman–Crippen LogP) is 3.18. The Kier molecular flexibility index (Phi) is 6.95. The van der Waals surface area contributed by atoms with Gasteiger partial charge in [0.2, 0.25) is 0 Å². The molecule has 0 aliphatic rings. The number of halogens is 2. The molecule has 0 unspecified atom stereocenters. The number of amides is 1. The summed E-state index contributed by atoms with van der Waals surface area (Å²) in [7, 11) is -2.46. The highest BCUT2D eigenvalue weighted by atomic mass is 35.5. The lowest BCUT2D eigenvalue weighted by Crippen LogP contribution is -2.16. The van der Waals surface area contributed by atoms with Crippen LogP contribution < -0.4 is 10.0 Å². The number of ether oxygens (including phenoxy) is 1. The number of nitrogens with one attached hydrogen (secondary N) is 2. The maximum absolute atomic E-state index is 13.4. The first-order chi connectivity index (χ1) is 17.1. The first-order valence-corrected chi connectivity index (χ1v) is 12.4. The van der Waals surface area contributed by atoms with E-state index >= 15 is 0 Å². The zero-order valence-electron chi connectivity index (χ0n) is 19.0. The van der Waals surface area contributed by atoms with Gasteiger partial charge in [-0.15, -0.1) is 0 Å². The van der Waals surface area contributed by atoms with Crippen molar-refractivity contribution in [3.63, 3.8) is 0 Å². The summed E-state index contributed by atoms with van der Waals surface area (Å²) in [5, 5.41) is 11.1. The molecular formula is C22H20ClFN6O5S. The first-order valence-electron chi connectivity index (χ1n) is 10.5. The van der Waals surface area contributed by atoms with Crippen molar-refractivity contribution >= 4 is 55.8 Å². The van der Waals surface area contributed by atoms with Crippen LogP contribution in [-0.4, -0.2) is 46.5 Å². The van der Waals surface area contributed by atoms with E-state index < -0.39 is 27.7 Å². The average Bonchev–Trinajstić information content (AvgIpc) is 3.40. The number of carbonyl (C=O) groups is 2. The summed E-state index contributed by atoms with van der Waals surface area (Å²) in [5.41, 5.74) is 1.07. The number of anilines is 2. The van der Waals surface area contributed by atoms with Gasteiger partial charge in [-0.05, 0) is 43.3 Å². The van der Waals surface area contributed by atoms with Crippen molar-refractivity contribution in [2.75, 3.05) is 16.6 Å². The molecule has 11 nitrogen and oxygen atoms in total. The molecule has 36 heavy (non-hydrogen) atoms. The Bertz CT molecular complexity index is 1580. The molecule has 4 rings (SSSR count). The number of fused-ring (bicyclic) bond motifs is 1. The largest absolute Gasteiger partial charge is 0.465 e. The number of esters is 1. The Morgan fingerprint density at radius 2 is 1.92 bits per heavy atom. The van der Waals surface area contributed by atoms with Crippen molar-refractivity contribution < 1.29 is 27.1 Å². The van der Waals surface area contributed by atoms with Crippen molar-refractivity contribution in [3.8, 4) is 0 Å². The molecule has 0 saturated heterocycles. The second kappa shape index (κ2) is 9.95. The number of hydrogen-bond acceptors (Lipinski definition) is 7. The van der Waals surface area contributed by atoms with Crippen LogP contribution in [0.5, 0.6) is 0 Å². The number of sulfonamides is 1. The molecule has 2 N–H and O–H groups in total. The van der Waals surface area contributed by atoms with Crippen LogP contribution in [-0.2, 0) is 33.1 Å². The number of nitrogens with zero attached hydrogens (tertiary/aromatic N) is 4. The molecule has 0 bridgehead atoms. The summed E-state index contributed by atoms with van der Waals surface area (Å²) in [6, 6.07) is 8.31. The van der Waals surface area contributed by atoms with Crippen LogP contribution in [0.15, 0.2) is 53.7 Å². The average molecular weight is 535 g/mol. The zero-order chi connectivity index (χ0) is 26.0. The highest BCUT2D eigenvalue weighted by Gasteiger charge is 2.21. The number of aromatic nitrogens is 4. The molecular weight excluding hydrogens is 515 g/mol. The fraction of sp³-hybridized carbons (Fsp3) is 0.182. The van der Waals surface area contributed by atoms with E-state index in [9.17, 15) is 22.4 Å². The molecule has 0 fully saturated rings. The lowest BCUT2D eigenvalue weighted by molar-refractivity contribution is -0.144. The molecule has 0 radical (unpaired) electrons. The van der Waals surface area contributed by atoms with Gasteiger partial charge in [0.1, 0.15) is 23.0 Å². The summed E-state index contributed by atoms with van der Waals surface area (Å²) in [6.07, 6.45) is 2.33. The Morgan fingerprint density at radius 1 is 1.17 bits per heavy atom. The van der Waals surface area contributed by atoms with Crippen molar-refractivity contribution in [3.05, 3.63) is 65.3 Å². The lowest BCUT2D eigenvalue weighted by Gasteiger charge is -2.07. The van der Waals surface area contributed by atoms with Gasteiger partial charge in [0.25, 0.3) is 15.9 Å². The van der Waals surface area contributed by atoms with Crippen LogP contribution in [0.1, 0.15) is 17.4 Å². The number of carbonyl (C=O) groups excluding carboxylic acids is 2. The molecule has 2 aromatic carbocycles. The third-order valence-corrected chi connectivity index (χ3v) is 6.62. The molecule has 4 aromatic rings. The maximum Gasteiger partial charge on any atom is 0.327 e. The van der Waals surface area contributed by atoms with Crippen LogP contribution in [0.4, 0.5) is 15.8 Å². The molecule has 188 valence electrons. The third-order valence-electron chi connectivity index (χ3n) is 5.00. The molecule has 2 aromatic heterocycles. The van der Waals surface area contributed by atoms with E-state index in [0.717, 1.165) is 16.9 Å². The van der Waals surface area contributed by atoms with E-state index in [1.807, 2.05) is 0 Å². The van der Waals surface area contributed by atoms with E-state index in [2.05, 4.69) is 20.2 Å². The van der Waals surface area contributed by atoms with Crippen molar-refractivity contribution in [2.24, 2.45) is 7.05 Å². The minimum absolute atomic E-state index is 0.133. The summed E-state index contributed by atoms with van der Waals surface area (Å²) < 4.78 is 48.7. The normalized spacial score (nSPS) is 11.4. The predicted molar refractivity (Wildman–Crippen MR) is 130 cm³/mol. The first kappa shape index (κ1) is 25.1. The molecule has 0 aliphatic carbocycles. The van der Waals surface area contributed by atoms with Crippen molar-refractivity contribution in [2.45, 2.75) is 18.4 Å². The van der Waals surface area contributed by atoms with Gasteiger partial charge in [0, 0.05) is 24.3 Å². The van der Waals surface area contributed by atoms with Gasteiger partial charge in [0.05, 0.1) is 29.0 Å². The fourth-order valence-corrected chi connectivity index (χ4v) is 4.60. The van der Waals surface area contributed by atoms with Gasteiger partial charge in [-0.1, -0.05) is 11.6 Å². The smallest absolute Gasteiger partial charge is 0.327 e. The maximum atomic E-state index is 13.4. The van der Waals surface area contributed by atoms with Gasteiger partial charge in [-0.2, -0.15) is 10.2 Å². The second-order valence-electron chi connectivity index (χ2n) is 7.57. The van der Waals surface area contributed by atoms with Gasteiger partial charge in [0.15, 0.2) is 0 Å². The monoisotopic (exact) mass is 534 g/mol. The van der Waals surface area contributed by atoms with Crippen LogP contribution in [0.3, 0.4) is 0 Å². The zero-order valence-corrected chi connectivity index (χ0v) is 20.6. The molecule has 0 spiro atoms. The van der Waals surface area contributed by atoms with Gasteiger partial charge >= 0.3 is 5.97 Å². The number of aryl methyl sites for hydroxylation is 1. The van der Waals surface area contributed by atoms with E-state index in [1.165, 1.54) is 35.1 Å². The summed E-state index contributed by atoms with van der Waals surface area (Å²) in [5.74, 6) is -1.66. The third kappa shape index (κ3) is 5.31. The van der Waals surface area contributed by atoms with E-state index in [0.29, 0.717) is 16.6 Å². The number of hydrogen-bond donors (Lipinski definition) is 2. The SMILES string of the molecule is CCOC(=O)Cn1cc(S(=O)(=O)Nc2ccc3c(C(=O)Nc4ccc(F)c(Cl)c4)n(C)nc3c2)cn1. The lowest BCUT2D eigenvalue weighted by atomic mass is 10.2. The van der Waals surface area contributed by atoms with Crippen LogP contribution >= 0.6 is 11.6 Å². The molecule has 0 saturated carbocycles. The van der Waals surface area contributed by atoms with E-state index in [1.54, 1.807) is 20.0 Å². The standard InChI is InChI=1S/C22H20ClFN6O5S/c1-3-35-20(31)12-30-11-15(10-25-30)36(33,34)28-14-4-6-16-19(9-14)27-29(2)21(16)22(32)26-13-5-7-18(24)17(23)8-13/h4-11,28H,3,12H2,1-2H3,(H,26,32). The van der Waals surface area contributed by atoms with Crippen LogP contribution in [0, 0.1) is 5.82 Å². The highest BCUT2D eigenvalue weighted by molar-refractivity contribution is 7.92. The minimum atomic E-state index is -4.02. The summed E-state index contributed by atoms with van der Waals surface area (Å²) >= 11 is 5.77. The van der Waals surface area contributed by atoms with Gasteiger partial charge < -0.3 is 10.1 Å². The quantitative estimate of drug-likeness (QED) is 0.331. The van der Waals surface area contributed by atoms with Crippen LogP contribution in [0.25, 0.3) is 10.9 Å². The van der Waals surface area contributed by atoms with Crippen LogP contribution in [0.2, 0.25) is 5.02 Å². The Hall–Kier alpha value is -3.97. The fourth-order valence-electron chi connectivity index (χ4n) is 3.42. The van der Waals surface area contributed by atoms with E-state index in [-0.39, 0.29) is 34.5 Å². The van der Waals surface area contributed by atoms with Crippen molar-refractivity contribution in [1.82, 2.24) is 19.6 Å². The van der Waals surface area contributed by atoms with Gasteiger partial charge in [-0.3, -0.25) is 23.7 Å². The molecule has 2 heterocycles. The summed E-state index contributed by atoms with van der Waals surface area (Å²) in [4.78, 5) is 24.3.